The molecule has 0 amide bonds. The maximum atomic E-state index is 13.3. The first kappa shape index (κ1) is 17.6. The van der Waals surface area contributed by atoms with Gasteiger partial charge < -0.3 is 5.11 Å². The van der Waals surface area contributed by atoms with Crippen molar-refractivity contribution in [1.29, 1.82) is 0 Å². The van der Waals surface area contributed by atoms with Gasteiger partial charge in [0.25, 0.3) is 10.0 Å². The molecule has 0 aliphatic heterocycles. The highest BCUT2D eigenvalue weighted by Crippen LogP contribution is 2.32. The number of benzene rings is 2. The Morgan fingerprint density at radius 1 is 1.00 bits per heavy atom. The first-order chi connectivity index (χ1) is 12.4. The van der Waals surface area contributed by atoms with Crippen LogP contribution in [0, 0.1) is 6.92 Å². The zero-order valence-corrected chi connectivity index (χ0v) is 14.7. The first-order valence-corrected chi connectivity index (χ1v) is 9.19. The van der Waals surface area contributed by atoms with E-state index in [2.05, 4.69) is 4.98 Å². The molecule has 3 aromatic rings. The van der Waals surface area contributed by atoms with E-state index in [9.17, 15) is 18.3 Å². The topological polar surface area (TPSA) is 87.6 Å². The van der Waals surface area contributed by atoms with Crippen molar-refractivity contribution in [2.75, 3.05) is 4.31 Å². The Kier molecular flexibility index (Phi) is 4.73. The van der Waals surface area contributed by atoms with Gasteiger partial charge in [-0.25, -0.2) is 17.5 Å². The van der Waals surface area contributed by atoms with Gasteiger partial charge in [-0.05, 0) is 48.9 Å². The number of rotatable bonds is 5. The number of hydrogen-bond acceptors (Lipinski definition) is 4. The third-order valence-electron chi connectivity index (χ3n) is 3.85. The largest absolute Gasteiger partial charge is 0.478 e. The number of aromatic nitrogens is 1. The van der Waals surface area contributed by atoms with Crippen molar-refractivity contribution in [3.8, 4) is 0 Å². The zero-order valence-electron chi connectivity index (χ0n) is 13.9. The molecule has 0 bridgehead atoms. The summed E-state index contributed by atoms with van der Waals surface area (Å²) < 4.78 is 27.8. The van der Waals surface area contributed by atoms with Crippen LogP contribution < -0.4 is 4.31 Å². The van der Waals surface area contributed by atoms with Gasteiger partial charge >= 0.3 is 5.97 Å². The molecule has 0 unspecified atom stereocenters. The molecule has 26 heavy (non-hydrogen) atoms. The molecule has 0 atom stereocenters. The number of carboxylic acids is 1. The lowest BCUT2D eigenvalue weighted by atomic mass is 10.1. The number of carbonyl (C=O) groups is 1. The van der Waals surface area contributed by atoms with E-state index in [1.54, 1.807) is 55.6 Å². The van der Waals surface area contributed by atoms with Crippen LogP contribution in [0.5, 0.6) is 0 Å². The monoisotopic (exact) mass is 368 g/mol. The van der Waals surface area contributed by atoms with Crippen molar-refractivity contribution in [3.63, 3.8) is 0 Å². The summed E-state index contributed by atoms with van der Waals surface area (Å²) in [4.78, 5) is 15.3. The third-order valence-corrected chi connectivity index (χ3v) is 5.60. The van der Waals surface area contributed by atoms with Crippen LogP contribution in [0.25, 0.3) is 0 Å². The summed E-state index contributed by atoms with van der Waals surface area (Å²) in [6, 6.07) is 15.9. The van der Waals surface area contributed by atoms with Crippen LogP contribution in [0.15, 0.2) is 78.0 Å². The average Bonchev–Trinajstić information content (AvgIpc) is 2.63. The van der Waals surface area contributed by atoms with Gasteiger partial charge in [0.1, 0.15) is 0 Å². The van der Waals surface area contributed by atoms with E-state index in [0.717, 1.165) is 4.31 Å². The molecule has 0 saturated heterocycles. The van der Waals surface area contributed by atoms with Gasteiger partial charge in [-0.3, -0.25) is 4.98 Å². The quantitative estimate of drug-likeness (QED) is 0.743. The van der Waals surface area contributed by atoms with Gasteiger partial charge in [-0.2, -0.15) is 0 Å². The summed E-state index contributed by atoms with van der Waals surface area (Å²) in [6.45, 7) is 1.62. The number of para-hydroxylation sites is 1. The summed E-state index contributed by atoms with van der Waals surface area (Å²) in [5.74, 6) is -1.17. The minimum absolute atomic E-state index is 0.0507. The van der Waals surface area contributed by atoms with Crippen molar-refractivity contribution in [2.45, 2.75) is 11.8 Å². The van der Waals surface area contributed by atoms with Crippen LogP contribution >= 0.6 is 0 Å². The molecule has 132 valence electrons. The summed E-state index contributed by atoms with van der Waals surface area (Å²) >= 11 is 0. The molecule has 1 N–H and O–H groups in total. The molecule has 1 heterocycles. The molecular weight excluding hydrogens is 352 g/mol. The van der Waals surface area contributed by atoms with E-state index >= 15 is 0 Å². The standard InChI is InChI=1S/C19H16N2O4S/c1-14-9-10-17(12-18(14)19(22)23)26(24,25)21(15-6-3-2-4-7-15)16-8-5-11-20-13-16/h2-13H,1H3,(H,22,23). The molecule has 2 aromatic carbocycles. The third kappa shape index (κ3) is 3.29. The summed E-state index contributed by atoms with van der Waals surface area (Å²) in [7, 11) is -4.05. The number of carboxylic acid groups (broad SMARTS) is 1. The average molecular weight is 368 g/mol. The van der Waals surface area contributed by atoms with Crippen LogP contribution in [-0.4, -0.2) is 24.5 Å². The minimum Gasteiger partial charge on any atom is -0.478 e. The highest BCUT2D eigenvalue weighted by molar-refractivity contribution is 7.93. The SMILES string of the molecule is Cc1ccc(S(=O)(=O)N(c2ccccc2)c2cccnc2)cc1C(=O)O. The van der Waals surface area contributed by atoms with Gasteiger partial charge in [-0.15, -0.1) is 0 Å². The van der Waals surface area contributed by atoms with Crippen molar-refractivity contribution in [3.05, 3.63) is 84.2 Å². The van der Waals surface area contributed by atoms with Crippen LogP contribution in [0.1, 0.15) is 15.9 Å². The van der Waals surface area contributed by atoms with E-state index in [0.29, 0.717) is 16.9 Å². The maximum Gasteiger partial charge on any atom is 0.335 e. The highest BCUT2D eigenvalue weighted by Gasteiger charge is 2.28. The Bertz CT molecular complexity index is 996. The van der Waals surface area contributed by atoms with Gasteiger partial charge in [0.2, 0.25) is 0 Å². The molecule has 0 saturated carbocycles. The normalized spacial score (nSPS) is 11.1. The number of pyridine rings is 1. The summed E-state index contributed by atoms with van der Waals surface area (Å²) in [6.07, 6.45) is 2.99. The molecule has 1 aromatic heterocycles. The molecule has 0 aliphatic carbocycles. The van der Waals surface area contributed by atoms with E-state index in [-0.39, 0.29) is 10.5 Å². The Balaban J connectivity index is 2.21. The van der Waals surface area contributed by atoms with Crippen LogP contribution in [0.4, 0.5) is 11.4 Å². The van der Waals surface area contributed by atoms with E-state index in [4.69, 9.17) is 0 Å². The Morgan fingerprint density at radius 3 is 2.31 bits per heavy atom. The molecule has 0 aliphatic rings. The second kappa shape index (κ2) is 6.97. The van der Waals surface area contributed by atoms with E-state index in [1.807, 2.05) is 0 Å². The number of anilines is 2. The second-order valence-corrected chi connectivity index (χ2v) is 7.38. The Labute approximate surface area is 151 Å². The number of sulfonamides is 1. The van der Waals surface area contributed by atoms with Crippen LogP contribution in [0.2, 0.25) is 0 Å². The summed E-state index contributed by atoms with van der Waals surface area (Å²) in [5.41, 5.74) is 1.23. The Morgan fingerprint density at radius 2 is 1.69 bits per heavy atom. The van der Waals surface area contributed by atoms with Crippen molar-refractivity contribution >= 4 is 27.4 Å². The molecular formula is C19H16N2O4S. The van der Waals surface area contributed by atoms with Crippen molar-refractivity contribution in [2.24, 2.45) is 0 Å². The predicted molar refractivity (Wildman–Crippen MR) is 98.1 cm³/mol. The molecule has 0 radical (unpaired) electrons. The number of nitrogens with zero attached hydrogens (tertiary/aromatic N) is 2. The van der Waals surface area contributed by atoms with Crippen molar-refractivity contribution < 1.29 is 18.3 Å². The molecule has 6 nitrogen and oxygen atoms in total. The summed E-state index contributed by atoms with van der Waals surface area (Å²) in [5, 5.41) is 9.31. The number of aromatic carboxylic acids is 1. The fraction of sp³-hybridized carbons (Fsp3) is 0.0526. The number of aryl methyl sites for hydroxylation is 1. The lowest BCUT2D eigenvalue weighted by Gasteiger charge is -2.24. The fourth-order valence-electron chi connectivity index (χ4n) is 2.56. The first-order valence-electron chi connectivity index (χ1n) is 7.75. The second-order valence-electron chi connectivity index (χ2n) is 5.60. The Hall–Kier alpha value is -3.19. The van der Waals surface area contributed by atoms with Crippen LogP contribution in [0.3, 0.4) is 0 Å². The molecule has 7 heteroatoms. The lowest BCUT2D eigenvalue weighted by Crippen LogP contribution is -2.26. The number of hydrogen-bond donors (Lipinski definition) is 1. The smallest absolute Gasteiger partial charge is 0.335 e. The fourth-order valence-corrected chi connectivity index (χ4v) is 4.06. The molecule has 0 spiro atoms. The predicted octanol–water partition coefficient (Wildman–Crippen LogP) is 3.62. The minimum atomic E-state index is -4.05. The van der Waals surface area contributed by atoms with E-state index < -0.39 is 16.0 Å². The molecule has 0 fully saturated rings. The van der Waals surface area contributed by atoms with E-state index in [1.165, 1.54) is 24.4 Å². The zero-order chi connectivity index (χ0) is 18.7. The van der Waals surface area contributed by atoms with Crippen LogP contribution in [-0.2, 0) is 10.0 Å². The lowest BCUT2D eigenvalue weighted by molar-refractivity contribution is 0.0696. The van der Waals surface area contributed by atoms with Gasteiger partial charge in [0.05, 0.1) is 28.0 Å². The maximum absolute atomic E-state index is 13.3. The van der Waals surface area contributed by atoms with Crippen molar-refractivity contribution in [1.82, 2.24) is 4.98 Å². The van der Waals surface area contributed by atoms with Gasteiger partial charge in [0.15, 0.2) is 0 Å². The highest BCUT2D eigenvalue weighted by atomic mass is 32.2. The van der Waals surface area contributed by atoms with Gasteiger partial charge in [0, 0.05) is 6.20 Å². The molecule has 3 rings (SSSR count). The van der Waals surface area contributed by atoms with Gasteiger partial charge in [-0.1, -0.05) is 24.3 Å².